The second-order valence-electron chi connectivity index (χ2n) is 3.51. The number of hydrogen-bond acceptors (Lipinski definition) is 4. The third-order valence-corrected chi connectivity index (χ3v) is 2.31. The maximum Gasteiger partial charge on any atom is 0.0704 e. The van der Waals surface area contributed by atoms with Gasteiger partial charge in [-0.05, 0) is 32.4 Å². The highest BCUT2D eigenvalue weighted by atomic mass is 16.5. The lowest BCUT2D eigenvalue weighted by molar-refractivity contribution is -0.00898. The highest BCUT2D eigenvalue weighted by Gasteiger charge is 2.12. The van der Waals surface area contributed by atoms with Crippen molar-refractivity contribution in [2.45, 2.75) is 25.4 Å². The van der Waals surface area contributed by atoms with E-state index in [0.29, 0.717) is 32.3 Å². The van der Waals surface area contributed by atoms with Crippen LogP contribution in [-0.4, -0.2) is 50.7 Å². The summed E-state index contributed by atoms with van der Waals surface area (Å²) in [7, 11) is 0. The second-order valence-corrected chi connectivity index (χ2v) is 3.51. The Hall–Kier alpha value is -0.160. The molecule has 0 aliphatic carbocycles. The van der Waals surface area contributed by atoms with Crippen LogP contribution < -0.4 is 5.32 Å². The second kappa shape index (κ2) is 8.17. The van der Waals surface area contributed by atoms with E-state index >= 15 is 0 Å². The van der Waals surface area contributed by atoms with Crippen LogP contribution in [0.2, 0.25) is 0 Å². The van der Waals surface area contributed by atoms with Crippen molar-refractivity contribution in [3.05, 3.63) is 0 Å². The molecule has 0 atom stereocenters. The highest BCUT2D eigenvalue weighted by Crippen LogP contribution is 2.06. The molecule has 1 heterocycles. The van der Waals surface area contributed by atoms with Gasteiger partial charge < -0.3 is 19.9 Å². The van der Waals surface area contributed by atoms with Crippen molar-refractivity contribution in [2.24, 2.45) is 0 Å². The molecule has 0 spiro atoms. The van der Waals surface area contributed by atoms with E-state index in [2.05, 4.69) is 5.32 Å². The first kappa shape index (κ1) is 11.9. The largest absolute Gasteiger partial charge is 0.396 e. The van der Waals surface area contributed by atoms with Crippen LogP contribution in [0, 0.1) is 0 Å². The average Bonchev–Trinajstić information content (AvgIpc) is 2.25. The fraction of sp³-hybridized carbons (Fsp3) is 1.00. The summed E-state index contributed by atoms with van der Waals surface area (Å²) in [5.74, 6) is 0. The number of rotatable bonds is 7. The van der Waals surface area contributed by atoms with Gasteiger partial charge in [-0.1, -0.05) is 0 Å². The molecule has 1 rings (SSSR count). The molecule has 2 N–H and O–H groups in total. The number of aliphatic hydroxyl groups excluding tert-OH is 1. The van der Waals surface area contributed by atoms with Crippen LogP contribution >= 0.6 is 0 Å². The SMILES string of the molecule is OCCCOCCOC1CCNCC1. The first-order valence-corrected chi connectivity index (χ1v) is 5.44. The smallest absolute Gasteiger partial charge is 0.0704 e. The van der Waals surface area contributed by atoms with Crippen molar-refractivity contribution < 1.29 is 14.6 Å². The van der Waals surface area contributed by atoms with E-state index in [-0.39, 0.29) is 6.61 Å². The van der Waals surface area contributed by atoms with Crippen molar-refractivity contribution in [1.82, 2.24) is 5.32 Å². The Morgan fingerprint density at radius 1 is 1.14 bits per heavy atom. The minimum atomic E-state index is 0.204. The van der Waals surface area contributed by atoms with Gasteiger partial charge in [-0.25, -0.2) is 0 Å². The van der Waals surface area contributed by atoms with E-state index in [1.54, 1.807) is 0 Å². The quantitative estimate of drug-likeness (QED) is 0.578. The third kappa shape index (κ3) is 5.54. The Morgan fingerprint density at radius 3 is 2.64 bits per heavy atom. The van der Waals surface area contributed by atoms with Crippen molar-refractivity contribution in [3.8, 4) is 0 Å². The van der Waals surface area contributed by atoms with Crippen molar-refractivity contribution in [3.63, 3.8) is 0 Å². The predicted molar refractivity (Wildman–Crippen MR) is 54.4 cm³/mol. The lowest BCUT2D eigenvalue weighted by atomic mass is 10.1. The van der Waals surface area contributed by atoms with E-state index in [0.717, 1.165) is 25.9 Å². The minimum absolute atomic E-state index is 0.204. The fourth-order valence-corrected chi connectivity index (χ4v) is 1.50. The highest BCUT2D eigenvalue weighted by molar-refractivity contribution is 4.67. The molecule has 14 heavy (non-hydrogen) atoms. The zero-order valence-corrected chi connectivity index (χ0v) is 8.71. The summed E-state index contributed by atoms with van der Waals surface area (Å²) >= 11 is 0. The topological polar surface area (TPSA) is 50.7 Å². The van der Waals surface area contributed by atoms with Crippen LogP contribution in [-0.2, 0) is 9.47 Å². The van der Waals surface area contributed by atoms with Gasteiger partial charge in [-0.15, -0.1) is 0 Å². The van der Waals surface area contributed by atoms with Crippen molar-refractivity contribution in [2.75, 3.05) is 39.5 Å². The van der Waals surface area contributed by atoms with Crippen LogP contribution in [0.5, 0.6) is 0 Å². The van der Waals surface area contributed by atoms with Gasteiger partial charge >= 0.3 is 0 Å². The molecule has 4 heteroatoms. The number of aliphatic hydroxyl groups is 1. The van der Waals surface area contributed by atoms with Crippen LogP contribution in [0.1, 0.15) is 19.3 Å². The van der Waals surface area contributed by atoms with Gasteiger partial charge in [0.15, 0.2) is 0 Å². The number of piperidine rings is 1. The number of hydrogen-bond donors (Lipinski definition) is 2. The Morgan fingerprint density at radius 2 is 1.93 bits per heavy atom. The first-order valence-electron chi connectivity index (χ1n) is 5.44. The molecule has 0 bridgehead atoms. The lowest BCUT2D eigenvalue weighted by Crippen LogP contribution is -2.33. The molecule has 0 amide bonds. The molecule has 0 aromatic carbocycles. The van der Waals surface area contributed by atoms with Crippen LogP contribution in [0.15, 0.2) is 0 Å². The van der Waals surface area contributed by atoms with Crippen LogP contribution in [0.25, 0.3) is 0 Å². The fourth-order valence-electron chi connectivity index (χ4n) is 1.50. The van der Waals surface area contributed by atoms with Gasteiger partial charge in [0.25, 0.3) is 0 Å². The number of ether oxygens (including phenoxy) is 2. The predicted octanol–water partition coefficient (Wildman–Crippen LogP) is 0.154. The molecule has 1 fully saturated rings. The van der Waals surface area contributed by atoms with Gasteiger partial charge in [0.05, 0.1) is 19.3 Å². The Kier molecular flexibility index (Phi) is 6.95. The number of nitrogens with one attached hydrogen (secondary N) is 1. The molecule has 0 aromatic heterocycles. The molecule has 0 unspecified atom stereocenters. The molecule has 0 saturated carbocycles. The summed E-state index contributed by atoms with van der Waals surface area (Å²) in [5.41, 5.74) is 0. The van der Waals surface area contributed by atoms with Gasteiger partial charge in [0.1, 0.15) is 0 Å². The molecule has 0 radical (unpaired) electrons. The summed E-state index contributed by atoms with van der Waals surface area (Å²) in [6, 6.07) is 0. The third-order valence-electron chi connectivity index (χ3n) is 2.31. The van der Waals surface area contributed by atoms with E-state index in [1.807, 2.05) is 0 Å². The average molecular weight is 203 g/mol. The molecular formula is C10H21NO3. The van der Waals surface area contributed by atoms with Gasteiger partial charge in [-0.2, -0.15) is 0 Å². The summed E-state index contributed by atoms with van der Waals surface area (Å²) in [5, 5.41) is 11.8. The molecular weight excluding hydrogens is 182 g/mol. The summed E-state index contributed by atoms with van der Waals surface area (Å²) in [6.45, 7) is 4.29. The zero-order chi connectivity index (χ0) is 10.1. The maximum atomic E-state index is 8.51. The Labute approximate surface area is 85.6 Å². The standard InChI is InChI=1S/C10H21NO3/c12-6-1-7-13-8-9-14-10-2-4-11-5-3-10/h10-12H,1-9H2. The minimum Gasteiger partial charge on any atom is -0.396 e. The maximum absolute atomic E-state index is 8.51. The van der Waals surface area contributed by atoms with E-state index in [1.165, 1.54) is 0 Å². The van der Waals surface area contributed by atoms with E-state index < -0.39 is 0 Å². The zero-order valence-electron chi connectivity index (χ0n) is 8.71. The molecule has 1 aliphatic rings. The lowest BCUT2D eigenvalue weighted by Gasteiger charge is -2.22. The molecule has 1 aliphatic heterocycles. The Bertz CT molecular complexity index is 127. The van der Waals surface area contributed by atoms with Crippen molar-refractivity contribution >= 4 is 0 Å². The van der Waals surface area contributed by atoms with Crippen molar-refractivity contribution in [1.29, 1.82) is 0 Å². The summed E-state index contributed by atoms with van der Waals surface area (Å²) < 4.78 is 10.9. The Balaban J connectivity index is 1.82. The van der Waals surface area contributed by atoms with Gasteiger partial charge in [-0.3, -0.25) is 0 Å². The monoisotopic (exact) mass is 203 g/mol. The normalized spacial score (nSPS) is 18.6. The molecule has 1 saturated heterocycles. The van der Waals surface area contributed by atoms with Crippen LogP contribution in [0.4, 0.5) is 0 Å². The molecule has 84 valence electrons. The summed E-state index contributed by atoms with van der Waals surface area (Å²) in [4.78, 5) is 0. The van der Waals surface area contributed by atoms with E-state index in [9.17, 15) is 0 Å². The van der Waals surface area contributed by atoms with Gasteiger partial charge in [0, 0.05) is 13.2 Å². The van der Waals surface area contributed by atoms with Crippen LogP contribution in [0.3, 0.4) is 0 Å². The van der Waals surface area contributed by atoms with E-state index in [4.69, 9.17) is 14.6 Å². The first-order chi connectivity index (χ1) is 6.93. The molecule has 4 nitrogen and oxygen atoms in total. The summed E-state index contributed by atoms with van der Waals surface area (Å²) in [6.07, 6.45) is 3.35. The molecule has 0 aromatic rings. The van der Waals surface area contributed by atoms with Gasteiger partial charge in [0.2, 0.25) is 0 Å².